The average Bonchev–Trinajstić information content (AvgIpc) is 2.60. The molecule has 130 valence electrons. The first kappa shape index (κ1) is 19.2. The molecule has 0 amide bonds. The van der Waals surface area contributed by atoms with Crippen LogP contribution in [0.15, 0.2) is 60.7 Å². The van der Waals surface area contributed by atoms with Crippen molar-refractivity contribution in [2.75, 3.05) is 11.9 Å². The van der Waals surface area contributed by atoms with Gasteiger partial charge < -0.3 is 4.74 Å². The van der Waals surface area contributed by atoms with Crippen LogP contribution in [0.5, 0.6) is 0 Å². The molecule has 2 aromatic carbocycles. The monoisotopic (exact) mass is 388 g/mol. The third-order valence-corrected chi connectivity index (χ3v) is 5.09. The third-order valence-electron chi connectivity index (χ3n) is 4.53. The van der Waals surface area contributed by atoms with Gasteiger partial charge in [0.25, 0.3) is 0 Å². The van der Waals surface area contributed by atoms with Crippen LogP contribution in [0.25, 0.3) is 0 Å². The Kier molecular flexibility index (Phi) is 7.51. The fraction of sp³-hybridized carbons (Fsp3) is 0.455. The molecule has 0 aromatic heterocycles. The molecule has 0 aliphatic heterocycles. The van der Waals surface area contributed by atoms with Gasteiger partial charge in [-0.15, -0.1) is 0 Å². The van der Waals surface area contributed by atoms with Crippen molar-refractivity contribution in [3.05, 3.63) is 71.8 Å². The van der Waals surface area contributed by atoms with Gasteiger partial charge in [0.15, 0.2) is 0 Å². The molecule has 0 saturated carbocycles. The van der Waals surface area contributed by atoms with E-state index in [9.17, 15) is 0 Å². The lowest BCUT2D eigenvalue weighted by atomic mass is 9.79. The van der Waals surface area contributed by atoms with Crippen molar-refractivity contribution in [1.82, 2.24) is 0 Å². The van der Waals surface area contributed by atoms with Crippen molar-refractivity contribution in [3.8, 4) is 0 Å². The summed E-state index contributed by atoms with van der Waals surface area (Å²) in [6.07, 6.45) is 2.40. The number of alkyl halides is 1. The normalized spacial score (nSPS) is 13.2. The fourth-order valence-corrected chi connectivity index (χ4v) is 3.56. The zero-order chi connectivity index (χ0) is 17.4. The van der Waals surface area contributed by atoms with Crippen molar-refractivity contribution in [2.45, 2.75) is 45.1 Å². The van der Waals surface area contributed by atoms with Gasteiger partial charge in [-0.2, -0.15) is 0 Å². The second kappa shape index (κ2) is 9.39. The van der Waals surface area contributed by atoms with Gasteiger partial charge in [0.2, 0.25) is 0 Å². The van der Waals surface area contributed by atoms with Crippen LogP contribution in [0, 0.1) is 5.92 Å². The highest BCUT2D eigenvalue weighted by molar-refractivity contribution is 9.09. The molecule has 0 heterocycles. The molecule has 0 bridgehead atoms. The Hall–Kier alpha value is -1.12. The summed E-state index contributed by atoms with van der Waals surface area (Å²) in [6.45, 7) is 7.51. The van der Waals surface area contributed by atoms with Crippen LogP contribution in [0.3, 0.4) is 0 Å². The molecular weight excluding hydrogens is 360 g/mol. The summed E-state index contributed by atoms with van der Waals surface area (Å²) < 4.78 is 6.44. The highest BCUT2D eigenvalue weighted by Gasteiger charge is 2.33. The van der Waals surface area contributed by atoms with Gasteiger partial charge in [0.05, 0.1) is 5.60 Å². The second-order valence-electron chi connectivity index (χ2n) is 7.11. The lowest BCUT2D eigenvalue weighted by molar-refractivity contribution is -0.0446. The molecule has 2 rings (SSSR count). The standard InChI is InChI=1S/C22H29BrO/c1-18(11-10-16-23)17-24-22(2,3)21(19-12-6-4-7-13-19)20-14-8-5-9-15-20/h4-9,12-15,18,21H,10-11,16-17H2,1-3H3/t18-/m0/s1. The summed E-state index contributed by atoms with van der Waals surface area (Å²) in [5, 5.41) is 1.07. The maximum Gasteiger partial charge on any atom is 0.0735 e. The molecule has 0 aliphatic rings. The van der Waals surface area contributed by atoms with Crippen molar-refractivity contribution in [3.63, 3.8) is 0 Å². The molecular formula is C22H29BrO. The van der Waals surface area contributed by atoms with Crippen molar-refractivity contribution in [2.24, 2.45) is 5.92 Å². The fourth-order valence-electron chi connectivity index (χ4n) is 3.24. The van der Waals surface area contributed by atoms with E-state index in [2.05, 4.69) is 97.4 Å². The van der Waals surface area contributed by atoms with Crippen LogP contribution < -0.4 is 0 Å². The zero-order valence-corrected chi connectivity index (χ0v) is 16.6. The van der Waals surface area contributed by atoms with Crippen molar-refractivity contribution < 1.29 is 4.74 Å². The molecule has 2 aromatic rings. The number of hydrogen-bond donors (Lipinski definition) is 0. The Bertz CT molecular complexity index is 540. The van der Waals surface area contributed by atoms with E-state index < -0.39 is 0 Å². The quantitative estimate of drug-likeness (QED) is 0.450. The summed E-state index contributed by atoms with van der Waals surface area (Å²) >= 11 is 3.51. The molecule has 0 saturated heterocycles. The summed E-state index contributed by atoms with van der Waals surface area (Å²) in [7, 11) is 0. The highest BCUT2D eigenvalue weighted by Crippen LogP contribution is 2.37. The van der Waals surface area contributed by atoms with E-state index in [0.717, 1.165) is 11.9 Å². The van der Waals surface area contributed by atoms with Crippen LogP contribution in [0.4, 0.5) is 0 Å². The Morgan fingerprint density at radius 2 is 1.42 bits per heavy atom. The van der Waals surface area contributed by atoms with Crippen LogP contribution in [0.2, 0.25) is 0 Å². The second-order valence-corrected chi connectivity index (χ2v) is 7.90. The third kappa shape index (κ3) is 5.46. The number of halogens is 1. The van der Waals surface area contributed by atoms with Gasteiger partial charge in [-0.3, -0.25) is 0 Å². The minimum absolute atomic E-state index is 0.225. The summed E-state index contributed by atoms with van der Waals surface area (Å²) in [5.74, 6) is 0.803. The number of benzene rings is 2. The predicted octanol–water partition coefficient (Wildman–Crippen LogP) is 6.42. The van der Waals surface area contributed by atoms with E-state index in [1.165, 1.54) is 24.0 Å². The minimum Gasteiger partial charge on any atom is -0.374 e. The average molecular weight is 389 g/mol. The molecule has 1 atom stereocenters. The number of hydrogen-bond acceptors (Lipinski definition) is 1. The lowest BCUT2D eigenvalue weighted by Crippen LogP contribution is -2.35. The smallest absolute Gasteiger partial charge is 0.0735 e. The summed E-state index contributed by atoms with van der Waals surface area (Å²) in [4.78, 5) is 0. The molecule has 1 nitrogen and oxygen atoms in total. The van der Waals surface area contributed by atoms with Crippen molar-refractivity contribution >= 4 is 15.9 Å². The first-order valence-electron chi connectivity index (χ1n) is 8.84. The van der Waals surface area contributed by atoms with E-state index >= 15 is 0 Å². The van der Waals surface area contributed by atoms with Crippen LogP contribution >= 0.6 is 15.9 Å². The largest absolute Gasteiger partial charge is 0.374 e. The Morgan fingerprint density at radius 3 is 1.88 bits per heavy atom. The maximum absolute atomic E-state index is 6.44. The summed E-state index contributed by atoms with van der Waals surface area (Å²) in [5.41, 5.74) is 2.36. The Balaban J connectivity index is 2.19. The Morgan fingerprint density at radius 1 is 0.917 bits per heavy atom. The van der Waals surface area contributed by atoms with E-state index in [1.807, 2.05) is 0 Å². The van der Waals surface area contributed by atoms with Crippen molar-refractivity contribution in [1.29, 1.82) is 0 Å². The van der Waals surface area contributed by atoms with E-state index in [4.69, 9.17) is 4.74 Å². The van der Waals surface area contributed by atoms with Gasteiger partial charge in [-0.25, -0.2) is 0 Å². The molecule has 2 heteroatoms. The van der Waals surface area contributed by atoms with E-state index in [-0.39, 0.29) is 11.5 Å². The highest BCUT2D eigenvalue weighted by atomic mass is 79.9. The van der Waals surface area contributed by atoms with Crippen LogP contribution in [-0.4, -0.2) is 17.5 Å². The van der Waals surface area contributed by atoms with Crippen LogP contribution in [-0.2, 0) is 4.74 Å². The lowest BCUT2D eigenvalue weighted by Gasteiger charge is -2.36. The predicted molar refractivity (Wildman–Crippen MR) is 107 cm³/mol. The van der Waals surface area contributed by atoms with E-state index in [0.29, 0.717) is 5.92 Å². The SMILES string of the molecule is C[C@@H](CCCBr)COC(C)(C)C(c1ccccc1)c1ccccc1. The van der Waals surface area contributed by atoms with Gasteiger partial charge >= 0.3 is 0 Å². The van der Waals surface area contributed by atoms with E-state index in [1.54, 1.807) is 0 Å². The zero-order valence-electron chi connectivity index (χ0n) is 15.0. The Labute approximate surface area is 155 Å². The minimum atomic E-state index is -0.259. The van der Waals surface area contributed by atoms with Crippen LogP contribution in [0.1, 0.15) is 50.7 Å². The molecule has 0 N–H and O–H groups in total. The summed E-state index contributed by atoms with van der Waals surface area (Å²) in [6, 6.07) is 21.4. The molecule has 0 radical (unpaired) electrons. The van der Waals surface area contributed by atoms with Gasteiger partial charge in [0, 0.05) is 17.9 Å². The van der Waals surface area contributed by atoms with Gasteiger partial charge in [0.1, 0.15) is 0 Å². The number of rotatable bonds is 9. The first-order valence-corrected chi connectivity index (χ1v) is 9.96. The molecule has 0 spiro atoms. The topological polar surface area (TPSA) is 9.23 Å². The van der Waals surface area contributed by atoms with Gasteiger partial charge in [-0.05, 0) is 43.7 Å². The van der Waals surface area contributed by atoms with Gasteiger partial charge in [-0.1, -0.05) is 83.5 Å². The molecule has 0 unspecified atom stereocenters. The molecule has 0 fully saturated rings. The maximum atomic E-state index is 6.44. The molecule has 24 heavy (non-hydrogen) atoms. The number of ether oxygens (including phenoxy) is 1. The first-order chi connectivity index (χ1) is 11.5. The molecule has 0 aliphatic carbocycles.